The molecule has 0 saturated heterocycles. The Morgan fingerprint density at radius 1 is 0.842 bits per heavy atom. The Hall–Kier alpha value is -1.57. The zero-order chi connectivity index (χ0) is 13.4. The molecule has 1 nitrogen and oxygen atoms in total. The lowest BCUT2D eigenvalue weighted by molar-refractivity contribution is 1.31. The summed E-state index contributed by atoms with van der Waals surface area (Å²) in [4.78, 5) is 4.22. The summed E-state index contributed by atoms with van der Waals surface area (Å²) in [5.74, 6) is 0. The van der Waals surface area contributed by atoms with E-state index in [9.17, 15) is 0 Å². The Bertz CT molecular complexity index is 752. The monoisotopic (exact) mass is 287 g/mol. The molecule has 0 radical (unpaired) electrons. The molecule has 3 aromatic rings. The van der Waals surface area contributed by atoms with Crippen LogP contribution in [0, 0.1) is 6.92 Å². The van der Waals surface area contributed by atoms with Crippen LogP contribution in [0.1, 0.15) is 5.56 Å². The second kappa shape index (κ2) is 4.84. The smallest absolute Gasteiger partial charge is 0.139 e. The highest BCUT2D eigenvalue weighted by Gasteiger charge is 2.12. The third-order valence-corrected chi connectivity index (χ3v) is 3.91. The summed E-state index contributed by atoms with van der Waals surface area (Å²) in [6.45, 7) is 1.96. The van der Waals surface area contributed by atoms with Crippen LogP contribution in [0.2, 0.25) is 10.3 Å². The topological polar surface area (TPSA) is 12.9 Å². The summed E-state index contributed by atoms with van der Waals surface area (Å²) in [5, 5.41) is 2.91. The Kier molecular flexibility index (Phi) is 3.17. The van der Waals surface area contributed by atoms with Crippen LogP contribution < -0.4 is 0 Å². The van der Waals surface area contributed by atoms with E-state index in [2.05, 4.69) is 23.2 Å². The zero-order valence-corrected chi connectivity index (χ0v) is 11.8. The van der Waals surface area contributed by atoms with Gasteiger partial charge >= 0.3 is 0 Å². The standard InChI is InChI=1S/C16H11Cl2N/c1-10-12-8-5-9-13(11-6-3-2-4-7-11)14(12)16(18)19-15(10)17/h2-9H,1H3. The average Bonchev–Trinajstić information content (AvgIpc) is 2.45. The summed E-state index contributed by atoms with van der Waals surface area (Å²) in [6.07, 6.45) is 0. The van der Waals surface area contributed by atoms with Crippen LogP contribution in [0.5, 0.6) is 0 Å². The summed E-state index contributed by atoms with van der Waals surface area (Å²) >= 11 is 12.4. The minimum absolute atomic E-state index is 0.449. The SMILES string of the molecule is Cc1c(Cl)nc(Cl)c2c(-c3ccccc3)cccc12. The van der Waals surface area contributed by atoms with E-state index < -0.39 is 0 Å². The van der Waals surface area contributed by atoms with Crippen molar-refractivity contribution in [2.24, 2.45) is 0 Å². The van der Waals surface area contributed by atoms with Crippen LogP contribution in [-0.4, -0.2) is 4.98 Å². The van der Waals surface area contributed by atoms with E-state index in [4.69, 9.17) is 23.2 Å². The van der Waals surface area contributed by atoms with Gasteiger partial charge in [0.25, 0.3) is 0 Å². The molecule has 0 atom stereocenters. The van der Waals surface area contributed by atoms with Crippen molar-refractivity contribution in [2.45, 2.75) is 6.92 Å². The van der Waals surface area contributed by atoms with Gasteiger partial charge in [0.2, 0.25) is 0 Å². The average molecular weight is 288 g/mol. The maximum Gasteiger partial charge on any atom is 0.139 e. The van der Waals surface area contributed by atoms with Crippen LogP contribution in [0.25, 0.3) is 21.9 Å². The van der Waals surface area contributed by atoms with E-state index in [1.165, 1.54) is 0 Å². The van der Waals surface area contributed by atoms with Gasteiger partial charge in [-0.1, -0.05) is 71.7 Å². The first-order valence-electron chi connectivity index (χ1n) is 5.98. The van der Waals surface area contributed by atoms with Crippen molar-refractivity contribution >= 4 is 34.0 Å². The van der Waals surface area contributed by atoms with E-state index in [-0.39, 0.29) is 0 Å². The van der Waals surface area contributed by atoms with Crippen LogP contribution in [0.15, 0.2) is 48.5 Å². The Morgan fingerprint density at radius 3 is 2.32 bits per heavy atom. The van der Waals surface area contributed by atoms with Gasteiger partial charge in [0.1, 0.15) is 10.3 Å². The highest BCUT2D eigenvalue weighted by molar-refractivity contribution is 6.38. The number of nitrogens with zero attached hydrogens (tertiary/aromatic N) is 1. The Labute approximate surface area is 121 Å². The molecular weight excluding hydrogens is 277 g/mol. The van der Waals surface area contributed by atoms with Gasteiger partial charge in [-0.05, 0) is 29.0 Å². The number of aromatic nitrogens is 1. The van der Waals surface area contributed by atoms with E-state index >= 15 is 0 Å². The number of fused-ring (bicyclic) bond motifs is 1. The van der Waals surface area contributed by atoms with E-state index in [1.807, 2.05) is 37.3 Å². The summed E-state index contributed by atoms with van der Waals surface area (Å²) < 4.78 is 0. The number of benzene rings is 2. The number of pyridine rings is 1. The van der Waals surface area contributed by atoms with Crippen LogP contribution >= 0.6 is 23.2 Å². The number of hydrogen-bond donors (Lipinski definition) is 0. The first-order chi connectivity index (χ1) is 9.18. The lowest BCUT2D eigenvalue weighted by Crippen LogP contribution is -1.90. The highest BCUT2D eigenvalue weighted by atomic mass is 35.5. The molecule has 94 valence electrons. The fraction of sp³-hybridized carbons (Fsp3) is 0.0625. The van der Waals surface area contributed by atoms with E-state index in [1.54, 1.807) is 0 Å². The maximum atomic E-state index is 6.29. The van der Waals surface area contributed by atoms with Crippen LogP contribution in [0.3, 0.4) is 0 Å². The van der Waals surface area contributed by atoms with Gasteiger partial charge in [-0.2, -0.15) is 0 Å². The number of rotatable bonds is 1. The van der Waals surface area contributed by atoms with Crippen LogP contribution in [-0.2, 0) is 0 Å². The van der Waals surface area contributed by atoms with Gasteiger partial charge in [0.05, 0.1) is 0 Å². The number of halogens is 2. The second-order valence-electron chi connectivity index (χ2n) is 4.41. The molecule has 0 amide bonds. The quantitative estimate of drug-likeness (QED) is 0.537. The van der Waals surface area contributed by atoms with E-state index in [0.29, 0.717) is 10.3 Å². The summed E-state index contributed by atoms with van der Waals surface area (Å²) in [7, 11) is 0. The lowest BCUT2D eigenvalue weighted by atomic mass is 9.98. The third kappa shape index (κ3) is 2.09. The van der Waals surface area contributed by atoms with Crippen molar-refractivity contribution in [3.8, 4) is 11.1 Å². The summed E-state index contributed by atoms with van der Waals surface area (Å²) in [5.41, 5.74) is 3.16. The van der Waals surface area contributed by atoms with Crippen molar-refractivity contribution < 1.29 is 0 Å². The summed E-state index contributed by atoms with van der Waals surface area (Å²) in [6, 6.07) is 16.2. The zero-order valence-electron chi connectivity index (χ0n) is 10.3. The first kappa shape index (κ1) is 12.5. The number of aryl methyl sites for hydroxylation is 1. The minimum Gasteiger partial charge on any atom is -0.223 e. The van der Waals surface area contributed by atoms with Crippen LogP contribution in [0.4, 0.5) is 0 Å². The van der Waals surface area contributed by atoms with Gasteiger partial charge in [-0.3, -0.25) is 0 Å². The Morgan fingerprint density at radius 2 is 1.58 bits per heavy atom. The molecule has 2 aromatic carbocycles. The van der Waals surface area contributed by atoms with Crippen molar-refractivity contribution in [3.05, 3.63) is 64.4 Å². The molecule has 0 saturated carbocycles. The molecule has 0 aliphatic rings. The molecule has 3 heteroatoms. The fourth-order valence-corrected chi connectivity index (χ4v) is 2.80. The van der Waals surface area contributed by atoms with Gasteiger partial charge in [-0.15, -0.1) is 0 Å². The molecule has 0 aliphatic heterocycles. The maximum absolute atomic E-state index is 6.29. The molecule has 3 rings (SSSR count). The second-order valence-corrected chi connectivity index (χ2v) is 5.13. The van der Waals surface area contributed by atoms with Crippen molar-refractivity contribution in [2.75, 3.05) is 0 Å². The van der Waals surface area contributed by atoms with Gasteiger partial charge in [0.15, 0.2) is 0 Å². The molecule has 1 aromatic heterocycles. The van der Waals surface area contributed by atoms with Crippen molar-refractivity contribution in [3.63, 3.8) is 0 Å². The van der Waals surface area contributed by atoms with Gasteiger partial charge < -0.3 is 0 Å². The molecule has 0 N–H and O–H groups in total. The molecule has 0 bridgehead atoms. The molecule has 0 spiro atoms. The van der Waals surface area contributed by atoms with Crippen molar-refractivity contribution in [1.82, 2.24) is 4.98 Å². The fourth-order valence-electron chi connectivity index (χ4n) is 2.28. The molecule has 0 fully saturated rings. The predicted molar refractivity (Wildman–Crippen MR) is 81.9 cm³/mol. The molecule has 1 heterocycles. The van der Waals surface area contributed by atoms with Gasteiger partial charge in [-0.25, -0.2) is 4.98 Å². The predicted octanol–water partition coefficient (Wildman–Crippen LogP) is 5.52. The molecular formula is C16H11Cl2N. The normalized spacial score (nSPS) is 10.9. The third-order valence-electron chi connectivity index (χ3n) is 3.27. The highest BCUT2D eigenvalue weighted by Crippen LogP contribution is 2.36. The molecule has 19 heavy (non-hydrogen) atoms. The lowest BCUT2D eigenvalue weighted by Gasteiger charge is -2.11. The first-order valence-corrected chi connectivity index (χ1v) is 6.74. The largest absolute Gasteiger partial charge is 0.223 e. The molecule has 0 unspecified atom stereocenters. The molecule has 0 aliphatic carbocycles. The van der Waals surface area contributed by atoms with Gasteiger partial charge in [0, 0.05) is 5.39 Å². The van der Waals surface area contributed by atoms with Crippen molar-refractivity contribution in [1.29, 1.82) is 0 Å². The Balaban J connectivity index is 2.42. The van der Waals surface area contributed by atoms with E-state index in [0.717, 1.165) is 27.5 Å². The number of hydrogen-bond acceptors (Lipinski definition) is 1. The minimum atomic E-state index is 0.449.